The fourth-order valence-corrected chi connectivity index (χ4v) is 4.35. The second-order valence-corrected chi connectivity index (χ2v) is 8.39. The molecule has 1 aromatic heterocycles. The first-order chi connectivity index (χ1) is 16.6. The highest BCUT2D eigenvalue weighted by Crippen LogP contribution is 2.31. The maximum absolute atomic E-state index is 14.3. The topological polar surface area (TPSA) is 71.5 Å². The maximum atomic E-state index is 14.3. The summed E-state index contributed by atoms with van der Waals surface area (Å²) in [4.78, 5) is 33.0. The lowest BCUT2D eigenvalue weighted by Gasteiger charge is -2.33. The predicted octanol–water partition coefficient (Wildman–Crippen LogP) is 5.07. The van der Waals surface area contributed by atoms with Gasteiger partial charge in [0.15, 0.2) is 0 Å². The Labute approximate surface area is 198 Å². The number of benzene rings is 2. The summed E-state index contributed by atoms with van der Waals surface area (Å²) < 4.78 is 19.5. The van der Waals surface area contributed by atoms with Crippen LogP contribution in [0.1, 0.15) is 54.2 Å². The molecule has 6 nitrogen and oxygen atoms in total. The number of hydrogen-bond donors (Lipinski definition) is 1. The minimum Gasteiger partial charge on any atom is -0.497 e. The van der Waals surface area contributed by atoms with E-state index in [0.717, 1.165) is 32.1 Å². The van der Waals surface area contributed by atoms with Gasteiger partial charge < -0.3 is 10.1 Å². The number of carbonyl (C=O) groups excluding carboxylic acids is 2. The Bertz CT molecular complexity index is 1120. The molecular formula is C27H28FN3O3. The van der Waals surface area contributed by atoms with Crippen LogP contribution < -0.4 is 15.0 Å². The lowest BCUT2D eigenvalue weighted by molar-refractivity contribution is -0.123. The molecule has 0 saturated heterocycles. The Hall–Kier alpha value is -3.74. The van der Waals surface area contributed by atoms with Crippen molar-refractivity contribution in [2.45, 2.75) is 44.2 Å². The van der Waals surface area contributed by atoms with Gasteiger partial charge in [0.2, 0.25) is 5.91 Å². The van der Waals surface area contributed by atoms with Crippen LogP contribution in [0.25, 0.3) is 0 Å². The number of hydrogen-bond acceptors (Lipinski definition) is 4. The van der Waals surface area contributed by atoms with Crippen LogP contribution in [-0.4, -0.2) is 29.9 Å². The minimum atomic E-state index is -1.02. The van der Waals surface area contributed by atoms with E-state index in [2.05, 4.69) is 10.3 Å². The third-order valence-electron chi connectivity index (χ3n) is 6.08. The van der Waals surface area contributed by atoms with Crippen LogP contribution in [0.2, 0.25) is 0 Å². The summed E-state index contributed by atoms with van der Waals surface area (Å²) in [6.07, 6.45) is 6.57. The number of aromatic nitrogens is 1. The Morgan fingerprint density at radius 3 is 2.44 bits per heavy atom. The van der Waals surface area contributed by atoms with Crippen LogP contribution in [0.5, 0.6) is 5.75 Å². The standard InChI is InChI=1S/C27H28FN3O3/c1-34-23-15-13-19(14-16-23)25(26(32)30-21-9-3-2-4-10-21)31(22-11-7-8-20(28)18-22)27(33)24-12-5-6-17-29-24/h5-8,11-18,21,25H,2-4,9-10H2,1H3,(H,30,32). The van der Waals surface area contributed by atoms with Crippen molar-refractivity contribution < 1.29 is 18.7 Å². The van der Waals surface area contributed by atoms with Crippen molar-refractivity contribution in [3.05, 3.63) is 90.0 Å². The van der Waals surface area contributed by atoms with E-state index in [1.165, 1.54) is 29.3 Å². The fraction of sp³-hybridized carbons (Fsp3) is 0.296. The molecule has 1 aliphatic carbocycles. The zero-order valence-electron chi connectivity index (χ0n) is 19.1. The van der Waals surface area contributed by atoms with E-state index < -0.39 is 17.8 Å². The van der Waals surface area contributed by atoms with Crippen molar-refractivity contribution in [1.29, 1.82) is 0 Å². The predicted molar refractivity (Wildman–Crippen MR) is 128 cm³/mol. The molecule has 1 heterocycles. The van der Waals surface area contributed by atoms with Gasteiger partial charge in [-0.25, -0.2) is 4.39 Å². The number of methoxy groups -OCH3 is 1. The molecule has 4 rings (SSSR count). The Kier molecular flexibility index (Phi) is 7.52. The second-order valence-electron chi connectivity index (χ2n) is 8.39. The van der Waals surface area contributed by atoms with E-state index in [9.17, 15) is 14.0 Å². The Balaban J connectivity index is 1.80. The van der Waals surface area contributed by atoms with Crippen LogP contribution in [0, 0.1) is 5.82 Å². The summed E-state index contributed by atoms with van der Waals surface area (Å²) in [5, 5.41) is 3.14. The van der Waals surface area contributed by atoms with E-state index in [0.29, 0.717) is 11.3 Å². The smallest absolute Gasteiger partial charge is 0.277 e. The number of ether oxygens (including phenoxy) is 1. The average molecular weight is 462 g/mol. The number of pyridine rings is 1. The molecule has 0 radical (unpaired) electrons. The number of rotatable bonds is 7. The summed E-state index contributed by atoms with van der Waals surface area (Å²) in [5.41, 5.74) is 1.02. The minimum absolute atomic E-state index is 0.0429. The SMILES string of the molecule is COc1ccc(C(C(=O)NC2CCCCC2)N(C(=O)c2ccccn2)c2cccc(F)c2)cc1. The highest BCUT2D eigenvalue weighted by Gasteiger charge is 2.35. The average Bonchev–Trinajstić information content (AvgIpc) is 2.88. The number of halogens is 1. The molecule has 0 bridgehead atoms. The summed E-state index contributed by atoms with van der Waals surface area (Å²) in [7, 11) is 1.56. The summed E-state index contributed by atoms with van der Waals surface area (Å²) in [6.45, 7) is 0. The third-order valence-corrected chi connectivity index (χ3v) is 6.08. The summed E-state index contributed by atoms with van der Waals surface area (Å²) >= 11 is 0. The van der Waals surface area contributed by atoms with Crippen molar-refractivity contribution >= 4 is 17.5 Å². The molecule has 1 saturated carbocycles. The Morgan fingerprint density at radius 1 is 1.03 bits per heavy atom. The highest BCUT2D eigenvalue weighted by molar-refractivity contribution is 6.09. The first kappa shape index (κ1) is 23.4. The third kappa shape index (κ3) is 5.42. The quantitative estimate of drug-likeness (QED) is 0.534. The number of carbonyl (C=O) groups is 2. The molecule has 0 spiro atoms. The monoisotopic (exact) mass is 461 g/mol. The molecule has 176 valence electrons. The van der Waals surface area contributed by atoms with Crippen LogP contribution >= 0.6 is 0 Å². The molecular weight excluding hydrogens is 433 g/mol. The lowest BCUT2D eigenvalue weighted by atomic mass is 9.94. The van der Waals surface area contributed by atoms with E-state index in [-0.39, 0.29) is 23.3 Å². The van der Waals surface area contributed by atoms with E-state index in [4.69, 9.17) is 4.74 Å². The maximum Gasteiger partial charge on any atom is 0.277 e. The largest absolute Gasteiger partial charge is 0.497 e. The van der Waals surface area contributed by atoms with Gasteiger partial charge in [-0.05, 0) is 60.9 Å². The molecule has 1 N–H and O–H groups in total. The van der Waals surface area contributed by atoms with Crippen LogP contribution in [-0.2, 0) is 4.79 Å². The zero-order chi connectivity index (χ0) is 23.9. The lowest BCUT2D eigenvalue weighted by Crippen LogP contribution is -2.47. The van der Waals surface area contributed by atoms with Crippen molar-refractivity contribution in [3.63, 3.8) is 0 Å². The number of amides is 2. The molecule has 34 heavy (non-hydrogen) atoms. The van der Waals surface area contributed by atoms with Gasteiger partial charge in [-0.15, -0.1) is 0 Å². The molecule has 1 fully saturated rings. The molecule has 1 unspecified atom stereocenters. The van der Waals surface area contributed by atoms with Gasteiger partial charge in [0, 0.05) is 17.9 Å². The van der Waals surface area contributed by atoms with Gasteiger partial charge in [0.05, 0.1) is 7.11 Å². The molecule has 3 aromatic rings. The number of nitrogens with zero attached hydrogens (tertiary/aromatic N) is 2. The zero-order valence-corrected chi connectivity index (χ0v) is 19.1. The van der Waals surface area contributed by atoms with Gasteiger partial charge in [-0.2, -0.15) is 0 Å². The number of nitrogens with one attached hydrogen (secondary N) is 1. The first-order valence-corrected chi connectivity index (χ1v) is 11.5. The van der Waals surface area contributed by atoms with Crippen molar-refractivity contribution in [3.8, 4) is 5.75 Å². The second kappa shape index (κ2) is 10.9. The Morgan fingerprint density at radius 2 is 1.79 bits per heavy atom. The number of anilines is 1. The summed E-state index contributed by atoms with van der Waals surface area (Å²) in [5.74, 6) is -0.683. The van der Waals surface area contributed by atoms with Gasteiger partial charge >= 0.3 is 0 Å². The molecule has 1 aliphatic rings. The van der Waals surface area contributed by atoms with E-state index in [1.54, 1.807) is 55.6 Å². The summed E-state index contributed by atoms with van der Waals surface area (Å²) in [6, 6.07) is 16.7. The molecule has 1 atom stereocenters. The fourth-order valence-electron chi connectivity index (χ4n) is 4.35. The van der Waals surface area contributed by atoms with Gasteiger partial charge in [0.1, 0.15) is 23.3 Å². The molecule has 7 heteroatoms. The van der Waals surface area contributed by atoms with Gasteiger partial charge in [-0.3, -0.25) is 19.5 Å². The molecule has 2 aromatic carbocycles. The van der Waals surface area contributed by atoms with E-state index in [1.807, 2.05) is 0 Å². The van der Waals surface area contributed by atoms with Crippen LogP contribution in [0.15, 0.2) is 72.9 Å². The van der Waals surface area contributed by atoms with Crippen molar-refractivity contribution in [2.24, 2.45) is 0 Å². The first-order valence-electron chi connectivity index (χ1n) is 11.5. The van der Waals surface area contributed by atoms with Gasteiger partial charge in [-0.1, -0.05) is 43.5 Å². The van der Waals surface area contributed by atoms with E-state index >= 15 is 0 Å². The van der Waals surface area contributed by atoms with Crippen LogP contribution in [0.3, 0.4) is 0 Å². The van der Waals surface area contributed by atoms with Crippen molar-refractivity contribution in [1.82, 2.24) is 10.3 Å². The van der Waals surface area contributed by atoms with Crippen molar-refractivity contribution in [2.75, 3.05) is 12.0 Å². The highest BCUT2D eigenvalue weighted by atomic mass is 19.1. The van der Waals surface area contributed by atoms with Crippen LogP contribution in [0.4, 0.5) is 10.1 Å². The normalized spacial score (nSPS) is 14.8. The molecule has 0 aliphatic heterocycles. The van der Waals surface area contributed by atoms with Gasteiger partial charge in [0.25, 0.3) is 5.91 Å². The molecule has 2 amide bonds.